The van der Waals surface area contributed by atoms with E-state index >= 15 is 0 Å². The average molecular weight is 371 g/mol. The fraction of sp³-hybridized carbons (Fsp3) is 0.250. The summed E-state index contributed by atoms with van der Waals surface area (Å²) in [6.45, 7) is 0.547. The molecule has 2 aromatic heterocycles. The molecule has 138 valence electrons. The highest BCUT2D eigenvalue weighted by molar-refractivity contribution is 6.04. The summed E-state index contributed by atoms with van der Waals surface area (Å²) in [5.74, 6) is 1.34. The topological polar surface area (TPSA) is 109 Å². The molecule has 0 unspecified atom stereocenters. The normalized spacial score (nSPS) is 20.0. The number of nitrogens with zero attached hydrogens (tertiary/aromatic N) is 5. The van der Waals surface area contributed by atoms with Gasteiger partial charge in [-0.25, -0.2) is 4.98 Å². The van der Waals surface area contributed by atoms with Crippen LogP contribution in [-0.4, -0.2) is 25.7 Å². The van der Waals surface area contributed by atoms with Gasteiger partial charge in [0, 0.05) is 12.6 Å². The molecule has 1 aliphatic heterocycles. The van der Waals surface area contributed by atoms with Gasteiger partial charge in [0.25, 0.3) is 5.91 Å². The molecule has 28 heavy (non-hydrogen) atoms. The van der Waals surface area contributed by atoms with Crippen LogP contribution in [0.4, 0.5) is 11.5 Å². The number of amides is 1. The second-order valence-electron chi connectivity index (χ2n) is 7.07. The summed E-state index contributed by atoms with van der Waals surface area (Å²) in [6, 6.07) is 13.9. The fourth-order valence-corrected chi connectivity index (χ4v) is 3.76. The Morgan fingerprint density at radius 3 is 2.93 bits per heavy atom. The molecule has 0 spiro atoms. The quantitative estimate of drug-likeness (QED) is 0.730. The molecule has 0 atom stereocenters. The van der Waals surface area contributed by atoms with Crippen molar-refractivity contribution in [2.24, 2.45) is 5.92 Å². The number of carbonyl (C=O) groups is 1. The van der Waals surface area contributed by atoms with E-state index in [4.69, 9.17) is 5.26 Å². The van der Waals surface area contributed by atoms with Crippen molar-refractivity contribution < 1.29 is 4.79 Å². The molecule has 0 radical (unpaired) electrons. The van der Waals surface area contributed by atoms with Gasteiger partial charge in [0.05, 0.1) is 23.2 Å². The number of hydrogen-bond acceptors (Lipinski definition) is 6. The summed E-state index contributed by atoms with van der Waals surface area (Å²) in [7, 11) is 0. The van der Waals surface area contributed by atoms with E-state index in [1.54, 1.807) is 6.33 Å². The monoisotopic (exact) mass is 371 g/mol. The minimum Gasteiger partial charge on any atom is -0.348 e. The lowest BCUT2D eigenvalue weighted by Crippen LogP contribution is -2.25. The molecular weight excluding hydrogens is 354 g/mol. The van der Waals surface area contributed by atoms with Crippen molar-refractivity contribution in [3.8, 4) is 17.6 Å². The minimum atomic E-state index is -0.0778. The van der Waals surface area contributed by atoms with Gasteiger partial charge in [-0.3, -0.25) is 4.79 Å². The van der Waals surface area contributed by atoms with Crippen LogP contribution >= 0.6 is 0 Å². The maximum Gasteiger partial charge on any atom is 0.254 e. The molecular formula is C20H17N7O. The Balaban J connectivity index is 1.44. The maximum atomic E-state index is 12.1. The van der Waals surface area contributed by atoms with E-state index in [0.29, 0.717) is 29.4 Å². The Hall–Kier alpha value is -3.73. The lowest BCUT2D eigenvalue weighted by molar-refractivity contribution is 0.0966. The standard InChI is InChI=1S/C20H17N7O/c21-9-12-7-14(8-12)27-11-23-26-19(27)16-5-2-6-17(25-16)24-15-4-1-3-13-10-22-20(28)18(13)15/h1-6,11-12,14H,7-8,10H2,(H,22,28)(H,24,25). The number of nitriles is 1. The summed E-state index contributed by atoms with van der Waals surface area (Å²) in [5.41, 5.74) is 3.06. The zero-order valence-electron chi connectivity index (χ0n) is 15.0. The molecule has 0 saturated heterocycles. The zero-order chi connectivity index (χ0) is 19.1. The largest absolute Gasteiger partial charge is 0.348 e. The van der Waals surface area contributed by atoms with Crippen LogP contribution in [-0.2, 0) is 6.54 Å². The lowest BCUT2D eigenvalue weighted by atomic mass is 9.81. The van der Waals surface area contributed by atoms with E-state index in [-0.39, 0.29) is 17.9 Å². The number of hydrogen-bond donors (Lipinski definition) is 2. The first-order chi connectivity index (χ1) is 13.7. The second kappa shape index (κ2) is 6.46. The summed E-state index contributed by atoms with van der Waals surface area (Å²) < 4.78 is 1.99. The molecule has 1 saturated carbocycles. The van der Waals surface area contributed by atoms with Crippen LogP contribution in [0.25, 0.3) is 11.5 Å². The molecule has 8 heteroatoms. The van der Waals surface area contributed by atoms with Crippen molar-refractivity contribution in [1.82, 2.24) is 25.1 Å². The van der Waals surface area contributed by atoms with Gasteiger partial charge in [0.15, 0.2) is 5.82 Å². The molecule has 5 rings (SSSR count). The van der Waals surface area contributed by atoms with Crippen molar-refractivity contribution in [2.75, 3.05) is 5.32 Å². The van der Waals surface area contributed by atoms with Crippen molar-refractivity contribution in [1.29, 1.82) is 5.26 Å². The predicted octanol–water partition coefficient (Wildman–Crippen LogP) is 2.80. The highest BCUT2D eigenvalue weighted by Crippen LogP contribution is 2.39. The molecule has 1 amide bonds. The Morgan fingerprint density at radius 2 is 2.07 bits per heavy atom. The van der Waals surface area contributed by atoms with E-state index in [9.17, 15) is 4.79 Å². The molecule has 1 fully saturated rings. The van der Waals surface area contributed by atoms with Gasteiger partial charge in [-0.1, -0.05) is 18.2 Å². The Kier molecular flexibility index (Phi) is 3.79. The van der Waals surface area contributed by atoms with Gasteiger partial charge in [0.2, 0.25) is 0 Å². The number of nitrogens with one attached hydrogen (secondary N) is 2. The third-order valence-electron chi connectivity index (χ3n) is 5.32. The van der Waals surface area contributed by atoms with Crippen LogP contribution < -0.4 is 10.6 Å². The molecule has 1 aliphatic carbocycles. The van der Waals surface area contributed by atoms with Crippen LogP contribution in [0.1, 0.15) is 34.8 Å². The minimum absolute atomic E-state index is 0.0778. The fourth-order valence-electron chi connectivity index (χ4n) is 3.76. The summed E-state index contributed by atoms with van der Waals surface area (Å²) >= 11 is 0. The van der Waals surface area contributed by atoms with Crippen LogP contribution in [0.15, 0.2) is 42.7 Å². The van der Waals surface area contributed by atoms with Crippen molar-refractivity contribution in [3.05, 3.63) is 53.9 Å². The van der Waals surface area contributed by atoms with E-state index in [1.807, 2.05) is 41.0 Å². The van der Waals surface area contributed by atoms with Crippen molar-refractivity contribution in [2.45, 2.75) is 25.4 Å². The Labute approximate surface area is 161 Å². The number of fused-ring (bicyclic) bond motifs is 1. The number of pyridine rings is 1. The summed E-state index contributed by atoms with van der Waals surface area (Å²) in [6.07, 6.45) is 3.32. The first-order valence-electron chi connectivity index (χ1n) is 9.16. The first kappa shape index (κ1) is 16.4. The second-order valence-corrected chi connectivity index (χ2v) is 7.07. The number of carbonyl (C=O) groups excluding carboxylic acids is 1. The van der Waals surface area contributed by atoms with Gasteiger partial charge < -0.3 is 15.2 Å². The number of benzene rings is 1. The zero-order valence-corrected chi connectivity index (χ0v) is 15.0. The van der Waals surface area contributed by atoms with E-state index in [0.717, 1.165) is 24.1 Å². The third-order valence-corrected chi connectivity index (χ3v) is 5.32. The maximum absolute atomic E-state index is 12.1. The number of aromatic nitrogens is 4. The van der Waals surface area contributed by atoms with E-state index in [1.165, 1.54) is 0 Å². The Bertz CT molecular complexity index is 1110. The van der Waals surface area contributed by atoms with E-state index < -0.39 is 0 Å². The Morgan fingerprint density at radius 1 is 1.21 bits per heavy atom. The predicted molar refractivity (Wildman–Crippen MR) is 102 cm³/mol. The van der Waals surface area contributed by atoms with Gasteiger partial charge in [-0.15, -0.1) is 10.2 Å². The molecule has 2 N–H and O–H groups in total. The van der Waals surface area contributed by atoms with Crippen molar-refractivity contribution >= 4 is 17.4 Å². The smallest absolute Gasteiger partial charge is 0.254 e. The average Bonchev–Trinajstić information content (AvgIpc) is 3.29. The molecule has 3 aromatic rings. The van der Waals surface area contributed by atoms with Crippen LogP contribution in [0.3, 0.4) is 0 Å². The highest BCUT2D eigenvalue weighted by atomic mass is 16.1. The number of anilines is 2. The van der Waals surface area contributed by atoms with Crippen molar-refractivity contribution in [3.63, 3.8) is 0 Å². The third kappa shape index (κ3) is 2.68. The summed E-state index contributed by atoms with van der Waals surface area (Å²) in [4.78, 5) is 16.8. The molecule has 8 nitrogen and oxygen atoms in total. The van der Waals surface area contributed by atoms with Crippen LogP contribution in [0.5, 0.6) is 0 Å². The van der Waals surface area contributed by atoms with Crippen LogP contribution in [0, 0.1) is 17.2 Å². The summed E-state index contributed by atoms with van der Waals surface area (Å²) in [5, 5.41) is 23.4. The number of rotatable bonds is 4. The van der Waals surface area contributed by atoms with Gasteiger partial charge in [0.1, 0.15) is 17.8 Å². The molecule has 0 bridgehead atoms. The van der Waals surface area contributed by atoms with Gasteiger partial charge >= 0.3 is 0 Å². The van der Waals surface area contributed by atoms with Crippen LogP contribution in [0.2, 0.25) is 0 Å². The SMILES string of the molecule is N#CC1CC(n2cnnc2-c2cccc(Nc3cccc4c3C(=O)NC4)n2)C1. The molecule has 3 heterocycles. The van der Waals surface area contributed by atoms with Gasteiger partial charge in [-0.2, -0.15) is 5.26 Å². The molecule has 1 aromatic carbocycles. The lowest BCUT2D eigenvalue weighted by Gasteiger charge is -2.32. The highest BCUT2D eigenvalue weighted by Gasteiger charge is 2.32. The van der Waals surface area contributed by atoms with Gasteiger partial charge in [-0.05, 0) is 36.6 Å². The first-order valence-corrected chi connectivity index (χ1v) is 9.16. The van der Waals surface area contributed by atoms with E-state index in [2.05, 4.69) is 31.9 Å². The molecule has 2 aliphatic rings.